The van der Waals surface area contributed by atoms with Crippen LogP contribution in [-0.4, -0.2) is 50.8 Å². The molecule has 6 nitrogen and oxygen atoms in total. The van der Waals surface area contributed by atoms with Crippen LogP contribution >= 0.6 is 0 Å². The molecule has 1 saturated heterocycles. The molecule has 1 amide bonds. The van der Waals surface area contributed by atoms with E-state index in [1.807, 2.05) is 36.1 Å². The zero-order chi connectivity index (χ0) is 17.2. The van der Waals surface area contributed by atoms with Crippen LogP contribution < -0.4 is 0 Å². The lowest BCUT2D eigenvalue weighted by atomic mass is 9.77. The number of aromatic nitrogens is 3. The molecule has 0 saturated carbocycles. The number of aryl methyl sites for hydroxylation is 1. The average Bonchev–Trinajstić information content (AvgIpc) is 3.08. The predicted molar refractivity (Wildman–Crippen MR) is 91.5 cm³/mol. The highest BCUT2D eigenvalue weighted by molar-refractivity contribution is 5.94. The summed E-state index contributed by atoms with van der Waals surface area (Å²) in [5, 5.41) is 16.6. The Labute approximate surface area is 141 Å². The van der Waals surface area contributed by atoms with Crippen molar-refractivity contribution < 1.29 is 9.90 Å². The van der Waals surface area contributed by atoms with E-state index in [1.165, 1.54) is 0 Å². The van der Waals surface area contributed by atoms with Gasteiger partial charge in [-0.3, -0.25) is 9.89 Å². The van der Waals surface area contributed by atoms with Gasteiger partial charge in [-0.15, -0.1) is 0 Å². The minimum atomic E-state index is -0.00980. The standard InChI is InChI=1S/C18H24N4O2/c1-3-18(12-23)8-10-22(11-9-18)17(24)15-6-4-14(5-7-15)16-19-13(2)20-21-16/h4-7,23H,3,8-12H2,1-2H3,(H,19,20,21). The number of aliphatic hydroxyl groups is 1. The molecule has 6 heteroatoms. The number of nitrogens with zero attached hydrogens (tertiary/aromatic N) is 3. The molecule has 1 aliphatic heterocycles. The summed E-state index contributed by atoms with van der Waals surface area (Å²) in [5.41, 5.74) is 1.56. The van der Waals surface area contributed by atoms with Gasteiger partial charge in [0.05, 0.1) is 0 Å². The summed E-state index contributed by atoms with van der Waals surface area (Å²) in [6, 6.07) is 7.42. The van der Waals surface area contributed by atoms with Crippen LogP contribution in [0.5, 0.6) is 0 Å². The summed E-state index contributed by atoms with van der Waals surface area (Å²) in [6.07, 6.45) is 2.68. The van der Waals surface area contributed by atoms with Crippen LogP contribution in [0.25, 0.3) is 11.4 Å². The highest BCUT2D eigenvalue weighted by atomic mass is 16.3. The molecule has 2 N–H and O–H groups in total. The molecule has 1 aromatic carbocycles. The third kappa shape index (κ3) is 3.19. The predicted octanol–water partition coefficient (Wildman–Crippen LogP) is 2.40. The number of nitrogens with one attached hydrogen (secondary N) is 1. The Kier molecular flexibility index (Phi) is 4.66. The summed E-state index contributed by atoms with van der Waals surface area (Å²) in [6.45, 7) is 5.57. The first-order chi connectivity index (χ1) is 11.6. The van der Waals surface area contributed by atoms with Gasteiger partial charge in [0, 0.05) is 30.8 Å². The summed E-state index contributed by atoms with van der Waals surface area (Å²) in [7, 11) is 0. The van der Waals surface area contributed by atoms with Crippen LogP contribution in [0.15, 0.2) is 24.3 Å². The minimum Gasteiger partial charge on any atom is -0.396 e. The Morgan fingerprint density at radius 2 is 1.96 bits per heavy atom. The van der Waals surface area contributed by atoms with Crippen LogP contribution in [0.1, 0.15) is 42.4 Å². The van der Waals surface area contributed by atoms with Gasteiger partial charge < -0.3 is 10.0 Å². The number of carbonyl (C=O) groups is 1. The smallest absolute Gasteiger partial charge is 0.253 e. The second-order valence-electron chi connectivity index (χ2n) is 6.63. The van der Waals surface area contributed by atoms with Crippen molar-refractivity contribution in [2.24, 2.45) is 5.41 Å². The Hall–Kier alpha value is -2.21. The zero-order valence-corrected chi connectivity index (χ0v) is 14.2. The molecule has 0 atom stereocenters. The molecule has 1 fully saturated rings. The highest BCUT2D eigenvalue weighted by Gasteiger charge is 2.34. The normalized spacial score (nSPS) is 17.0. The lowest BCUT2D eigenvalue weighted by Gasteiger charge is -2.40. The quantitative estimate of drug-likeness (QED) is 0.903. The van der Waals surface area contributed by atoms with Crippen molar-refractivity contribution in [2.75, 3.05) is 19.7 Å². The van der Waals surface area contributed by atoms with E-state index in [-0.39, 0.29) is 17.9 Å². The van der Waals surface area contributed by atoms with Crippen molar-refractivity contribution in [2.45, 2.75) is 33.1 Å². The largest absolute Gasteiger partial charge is 0.396 e. The van der Waals surface area contributed by atoms with Gasteiger partial charge in [-0.1, -0.05) is 19.1 Å². The van der Waals surface area contributed by atoms with E-state index in [9.17, 15) is 9.90 Å². The number of hydrogen-bond acceptors (Lipinski definition) is 4. The third-order valence-electron chi connectivity index (χ3n) is 5.18. The summed E-state index contributed by atoms with van der Waals surface area (Å²) in [5.74, 6) is 1.46. The Balaban J connectivity index is 1.68. The van der Waals surface area contributed by atoms with E-state index in [4.69, 9.17) is 0 Å². The number of aromatic amines is 1. The Morgan fingerprint density at radius 1 is 1.29 bits per heavy atom. The fourth-order valence-corrected chi connectivity index (χ4v) is 3.22. The van der Waals surface area contributed by atoms with Crippen molar-refractivity contribution in [3.63, 3.8) is 0 Å². The summed E-state index contributed by atoms with van der Waals surface area (Å²) < 4.78 is 0. The molecule has 0 aliphatic carbocycles. The fourth-order valence-electron chi connectivity index (χ4n) is 3.22. The van der Waals surface area contributed by atoms with E-state index in [0.717, 1.165) is 30.7 Å². The molecule has 0 radical (unpaired) electrons. The minimum absolute atomic E-state index is 0.00980. The van der Waals surface area contributed by atoms with Gasteiger partial charge >= 0.3 is 0 Å². The van der Waals surface area contributed by atoms with Gasteiger partial charge in [-0.2, -0.15) is 5.10 Å². The fraction of sp³-hybridized carbons (Fsp3) is 0.500. The number of H-pyrrole nitrogens is 1. The maximum atomic E-state index is 12.7. The van der Waals surface area contributed by atoms with Crippen molar-refractivity contribution in [3.8, 4) is 11.4 Å². The lowest BCUT2D eigenvalue weighted by molar-refractivity contribution is 0.0338. The van der Waals surface area contributed by atoms with E-state index >= 15 is 0 Å². The van der Waals surface area contributed by atoms with E-state index in [2.05, 4.69) is 22.1 Å². The van der Waals surface area contributed by atoms with E-state index in [1.54, 1.807) is 0 Å². The van der Waals surface area contributed by atoms with Crippen molar-refractivity contribution in [1.29, 1.82) is 0 Å². The number of aliphatic hydroxyl groups excluding tert-OH is 1. The Bertz CT molecular complexity index is 694. The molecular weight excluding hydrogens is 304 g/mol. The third-order valence-corrected chi connectivity index (χ3v) is 5.18. The number of piperidine rings is 1. The maximum Gasteiger partial charge on any atom is 0.253 e. The SMILES string of the molecule is CCC1(CO)CCN(C(=O)c2ccc(-c3n[nH]c(C)n3)cc2)CC1. The molecule has 2 aromatic rings. The number of hydrogen-bond donors (Lipinski definition) is 2. The zero-order valence-electron chi connectivity index (χ0n) is 14.2. The number of rotatable bonds is 4. The van der Waals surface area contributed by atoms with Crippen LogP contribution in [0.2, 0.25) is 0 Å². The molecule has 128 valence electrons. The monoisotopic (exact) mass is 328 g/mol. The molecule has 1 aliphatic rings. The first-order valence-corrected chi connectivity index (χ1v) is 8.46. The van der Waals surface area contributed by atoms with Gasteiger partial charge in [0.1, 0.15) is 5.82 Å². The average molecular weight is 328 g/mol. The van der Waals surface area contributed by atoms with Crippen molar-refractivity contribution >= 4 is 5.91 Å². The molecular formula is C18H24N4O2. The molecule has 0 spiro atoms. The first kappa shape index (κ1) is 16.6. The first-order valence-electron chi connectivity index (χ1n) is 8.46. The number of likely N-dealkylation sites (tertiary alicyclic amines) is 1. The molecule has 1 aromatic heterocycles. The highest BCUT2D eigenvalue weighted by Crippen LogP contribution is 2.34. The molecule has 0 unspecified atom stereocenters. The molecule has 0 bridgehead atoms. The maximum absolute atomic E-state index is 12.7. The van der Waals surface area contributed by atoms with Crippen LogP contribution in [0.3, 0.4) is 0 Å². The van der Waals surface area contributed by atoms with Crippen LogP contribution in [0, 0.1) is 12.3 Å². The van der Waals surface area contributed by atoms with Gasteiger partial charge in [0.15, 0.2) is 5.82 Å². The number of carbonyl (C=O) groups excluding carboxylic acids is 1. The van der Waals surface area contributed by atoms with Crippen molar-refractivity contribution in [1.82, 2.24) is 20.1 Å². The Morgan fingerprint density at radius 3 is 2.46 bits per heavy atom. The number of benzene rings is 1. The molecule has 24 heavy (non-hydrogen) atoms. The number of amides is 1. The second-order valence-corrected chi connectivity index (χ2v) is 6.63. The van der Waals surface area contributed by atoms with Crippen LogP contribution in [0.4, 0.5) is 0 Å². The van der Waals surface area contributed by atoms with Crippen molar-refractivity contribution in [3.05, 3.63) is 35.7 Å². The van der Waals surface area contributed by atoms with E-state index < -0.39 is 0 Å². The molecule has 3 rings (SSSR count). The van der Waals surface area contributed by atoms with Gasteiger partial charge in [-0.25, -0.2) is 4.98 Å². The van der Waals surface area contributed by atoms with E-state index in [0.29, 0.717) is 24.5 Å². The summed E-state index contributed by atoms with van der Waals surface area (Å²) >= 11 is 0. The van der Waals surface area contributed by atoms with Gasteiger partial charge in [0.2, 0.25) is 0 Å². The van der Waals surface area contributed by atoms with Gasteiger partial charge in [0.25, 0.3) is 5.91 Å². The summed E-state index contributed by atoms with van der Waals surface area (Å²) in [4.78, 5) is 18.8. The van der Waals surface area contributed by atoms with Crippen LogP contribution in [-0.2, 0) is 0 Å². The second kappa shape index (κ2) is 6.73. The topological polar surface area (TPSA) is 82.1 Å². The lowest BCUT2D eigenvalue weighted by Crippen LogP contribution is -2.44. The molecule has 2 heterocycles. The van der Waals surface area contributed by atoms with Gasteiger partial charge in [-0.05, 0) is 43.7 Å².